The van der Waals surface area contributed by atoms with Crippen molar-refractivity contribution in [1.29, 1.82) is 0 Å². The summed E-state index contributed by atoms with van der Waals surface area (Å²) in [5.41, 5.74) is 2.40. The van der Waals surface area contributed by atoms with Gasteiger partial charge in [-0.2, -0.15) is 0 Å². The number of hydrogen-bond acceptors (Lipinski definition) is 6. The van der Waals surface area contributed by atoms with Gasteiger partial charge in [0.15, 0.2) is 0 Å². The number of aryl methyl sites for hydroxylation is 1. The smallest absolute Gasteiger partial charge is 0.342 e. The largest absolute Gasteiger partial charge is 0.508 e. The van der Waals surface area contributed by atoms with Gasteiger partial charge in [0.05, 0.1) is 13.2 Å². The Morgan fingerprint density at radius 2 is 2.03 bits per heavy atom. The van der Waals surface area contributed by atoms with Crippen LogP contribution in [0.5, 0.6) is 5.75 Å². The van der Waals surface area contributed by atoms with E-state index in [-0.39, 0.29) is 25.0 Å². The fourth-order valence-electron chi connectivity index (χ4n) is 4.15. The molecule has 158 valence electrons. The molecule has 0 unspecified atom stereocenters. The number of furan rings is 1. The van der Waals surface area contributed by atoms with E-state index in [1.54, 1.807) is 19.1 Å². The van der Waals surface area contributed by atoms with E-state index in [1.165, 1.54) is 0 Å². The van der Waals surface area contributed by atoms with E-state index in [9.17, 15) is 15.0 Å². The molecule has 1 atom stereocenters. The summed E-state index contributed by atoms with van der Waals surface area (Å²) >= 11 is 0. The predicted octanol–water partition coefficient (Wildman–Crippen LogP) is 3.98. The molecule has 1 fully saturated rings. The van der Waals surface area contributed by atoms with Crippen LogP contribution in [0.15, 0.2) is 46.9 Å². The average Bonchev–Trinajstić information content (AvgIpc) is 3.12. The molecular weight excluding hydrogens is 382 g/mol. The first-order chi connectivity index (χ1) is 14.6. The molecule has 2 aromatic carbocycles. The Bertz CT molecular complexity index is 1030. The average molecular weight is 409 g/mol. The van der Waals surface area contributed by atoms with Gasteiger partial charge in [0.25, 0.3) is 0 Å². The fourth-order valence-corrected chi connectivity index (χ4v) is 4.15. The van der Waals surface area contributed by atoms with Crippen LogP contribution in [0, 0.1) is 0 Å². The first kappa shape index (κ1) is 20.4. The summed E-state index contributed by atoms with van der Waals surface area (Å²) in [7, 11) is 0. The van der Waals surface area contributed by atoms with Crippen LogP contribution in [0.1, 0.15) is 35.7 Å². The van der Waals surface area contributed by atoms with Crippen LogP contribution in [0.25, 0.3) is 22.3 Å². The number of rotatable bonds is 8. The zero-order valence-electron chi connectivity index (χ0n) is 17.1. The van der Waals surface area contributed by atoms with Gasteiger partial charge in [-0.25, -0.2) is 4.79 Å². The Hall–Kier alpha value is -2.83. The Morgan fingerprint density at radius 3 is 2.70 bits per heavy atom. The van der Waals surface area contributed by atoms with E-state index in [4.69, 9.17) is 9.15 Å². The number of benzene rings is 2. The van der Waals surface area contributed by atoms with E-state index in [0.29, 0.717) is 34.3 Å². The molecule has 1 saturated heterocycles. The van der Waals surface area contributed by atoms with Crippen LogP contribution in [0.4, 0.5) is 0 Å². The molecule has 2 heterocycles. The number of aromatic hydroxyl groups is 1. The van der Waals surface area contributed by atoms with Gasteiger partial charge in [0.1, 0.15) is 22.7 Å². The molecule has 0 radical (unpaired) electrons. The van der Waals surface area contributed by atoms with Crippen LogP contribution in [-0.2, 0) is 11.2 Å². The Kier molecular flexibility index (Phi) is 6.06. The van der Waals surface area contributed by atoms with Gasteiger partial charge in [0, 0.05) is 29.1 Å². The second-order valence-electron chi connectivity index (χ2n) is 7.59. The second-order valence-corrected chi connectivity index (χ2v) is 7.59. The van der Waals surface area contributed by atoms with Crippen LogP contribution >= 0.6 is 0 Å². The van der Waals surface area contributed by atoms with Crippen LogP contribution in [0.2, 0.25) is 0 Å². The number of carbonyl (C=O) groups excluding carboxylic acids is 1. The number of likely N-dealkylation sites (tertiary alicyclic amines) is 1. The third kappa shape index (κ3) is 3.80. The molecule has 0 spiro atoms. The number of esters is 1. The van der Waals surface area contributed by atoms with Crippen molar-refractivity contribution in [2.24, 2.45) is 0 Å². The summed E-state index contributed by atoms with van der Waals surface area (Å²) in [5, 5.41) is 20.6. The number of hydrogen-bond donors (Lipinski definition) is 2. The molecule has 0 saturated carbocycles. The zero-order valence-corrected chi connectivity index (χ0v) is 17.1. The Labute approximate surface area is 175 Å². The number of carbonyl (C=O) groups is 1. The van der Waals surface area contributed by atoms with Gasteiger partial charge >= 0.3 is 5.97 Å². The van der Waals surface area contributed by atoms with Gasteiger partial charge in [-0.3, -0.25) is 4.90 Å². The minimum atomic E-state index is -0.454. The summed E-state index contributed by atoms with van der Waals surface area (Å²) in [6, 6.07) is 13.0. The molecule has 0 bridgehead atoms. The lowest BCUT2D eigenvalue weighted by molar-refractivity contribution is 0.0417. The SMILES string of the molecule is CCOC(=O)c1c(-c2ccccc2)oc2ccc(O)c(CCCN3CC[C@@H]3CO)c12. The highest BCUT2D eigenvalue weighted by Gasteiger charge is 2.28. The number of aliphatic hydroxyl groups excluding tert-OH is 1. The maximum atomic E-state index is 12.9. The van der Waals surface area contributed by atoms with E-state index in [0.717, 1.165) is 31.5 Å². The topological polar surface area (TPSA) is 83.1 Å². The van der Waals surface area contributed by atoms with Crippen molar-refractivity contribution in [2.75, 3.05) is 26.3 Å². The van der Waals surface area contributed by atoms with Crippen molar-refractivity contribution in [2.45, 2.75) is 32.2 Å². The quantitative estimate of drug-likeness (QED) is 0.548. The minimum absolute atomic E-state index is 0.149. The molecule has 6 heteroatoms. The van der Waals surface area contributed by atoms with Gasteiger partial charge in [0.2, 0.25) is 0 Å². The first-order valence-corrected chi connectivity index (χ1v) is 10.5. The molecule has 30 heavy (non-hydrogen) atoms. The molecule has 4 rings (SSSR count). The molecule has 2 N–H and O–H groups in total. The predicted molar refractivity (Wildman–Crippen MR) is 115 cm³/mol. The third-order valence-electron chi connectivity index (χ3n) is 5.80. The summed E-state index contributed by atoms with van der Waals surface area (Å²) in [4.78, 5) is 15.1. The zero-order chi connectivity index (χ0) is 21.1. The lowest BCUT2D eigenvalue weighted by atomic mass is 9.97. The number of fused-ring (bicyclic) bond motifs is 1. The number of aliphatic hydroxyl groups is 1. The number of ether oxygens (including phenoxy) is 1. The summed E-state index contributed by atoms with van der Waals surface area (Å²) in [5.74, 6) is 0.153. The van der Waals surface area contributed by atoms with Crippen molar-refractivity contribution in [3.8, 4) is 17.1 Å². The fraction of sp³-hybridized carbons (Fsp3) is 0.375. The van der Waals surface area contributed by atoms with Crippen LogP contribution in [-0.4, -0.2) is 53.4 Å². The van der Waals surface area contributed by atoms with Gasteiger partial charge in [-0.15, -0.1) is 0 Å². The van der Waals surface area contributed by atoms with Crippen molar-refractivity contribution in [3.05, 3.63) is 53.6 Å². The Balaban J connectivity index is 1.73. The maximum absolute atomic E-state index is 12.9. The highest BCUT2D eigenvalue weighted by molar-refractivity contribution is 6.10. The number of nitrogens with zero attached hydrogens (tertiary/aromatic N) is 1. The van der Waals surface area contributed by atoms with Gasteiger partial charge in [-0.05, 0) is 44.9 Å². The molecule has 1 aromatic heterocycles. The van der Waals surface area contributed by atoms with Gasteiger partial charge < -0.3 is 19.4 Å². The summed E-state index contributed by atoms with van der Waals surface area (Å²) < 4.78 is 11.4. The second kappa shape index (κ2) is 8.90. The highest BCUT2D eigenvalue weighted by atomic mass is 16.5. The van der Waals surface area contributed by atoms with Crippen molar-refractivity contribution < 1.29 is 24.2 Å². The van der Waals surface area contributed by atoms with Crippen molar-refractivity contribution in [1.82, 2.24) is 4.90 Å². The molecule has 3 aromatic rings. The van der Waals surface area contributed by atoms with E-state index in [1.807, 2.05) is 30.3 Å². The lowest BCUT2D eigenvalue weighted by Crippen LogP contribution is -2.50. The number of phenols is 1. The lowest BCUT2D eigenvalue weighted by Gasteiger charge is -2.39. The molecule has 1 aliphatic heterocycles. The minimum Gasteiger partial charge on any atom is -0.508 e. The van der Waals surface area contributed by atoms with Crippen LogP contribution < -0.4 is 0 Å². The van der Waals surface area contributed by atoms with E-state index in [2.05, 4.69) is 4.90 Å². The third-order valence-corrected chi connectivity index (χ3v) is 5.80. The Morgan fingerprint density at radius 1 is 1.23 bits per heavy atom. The normalized spacial score (nSPS) is 16.5. The highest BCUT2D eigenvalue weighted by Crippen LogP contribution is 2.39. The standard InChI is InChI=1S/C24H27NO5/c1-2-29-24(28)22-21-18(9-6-13-25-14-12-17(25)15-26)19(27)10-11-20(21)30-23(22)16-7-4-3-5-8-16/h3-5,7-8,10-11,17,26-27H,2,6,9,12-15H2,1H3/t17-/m1/s1. The molecule has 0 amide bonds. The van der Waals surface area contributed by atoms with Gasteiger partial charge in [-0.1, -0.05) is 30.3 Å². The molecular formula is C24H27NO5. The van der Waals surface area contributed by atoms with E-state index >= 15 is 0 Å². The molecule has 0 aliphatic carbocycles. The monoisotopic (exact) mass is 409 g/mol. The first-order valence-electron chi connectivity index (χ1n) is 10.5. The molecule has 6 nitrogen and oxygen atoms in total. The molecule has 1 aliphatic rings. The summed E-state index contributed by atoms with van der Waals surface area (Å²) in [6.07, 6.45) is 2.42. The number of phenolic OH excluding ortho intramolecular Hbond substituents is 1. The maximum Gasteiger partial charge on any atom is 0.342 e. The van der Waals surface area contributed by atoms with Crippen molar-refractivity contribution in [3.63, 3.8) is 0 Å². The van der Waals surface area contributed by atoms with Crippen LogP contribution in [0.3, 0.4) is 0 Å². The van der Waals surface area contributed by atoms with E-state index < -0.39 is 5.97 Å². The summed E-state index contributed by atoms with van der Waals surface area (Å²) in [6.45, 7) is 4.02. The van der Waals surface area contributed by atoms with Crippen molar-refractivity contribution >= 4 is 16.9 Å².